The number of hydrogen-bond donors (Lipinski definition) is 1. The number of carbonyl (C=O) groups excluding carboxylic acids is 3. The number of Topliss-reactive ketones (excluding diaryl/α,β-unsaturated/α-hetero) is 1. The third-order valence-electron chi connectivity index (χ3n) is 5.36. The summed E-state index contributed by atoms with van der Waals surface area (Å²) in [4.78, 5) is 36.7. The van der Waals surface area contributed by atoms with Crippen molar-refractivity contribution in [1.29, 1.82) is 0 Å². The van der Waals surface area contributed by atoms with Gasteiger partial charge < -0.3 is 14.8 Å². The van der Waals surface area contributed by atoms with Crippen molar-refractivity contribution >= 4 is 34.9 Å². The van der Waals surface area contributed by atoms with E-state index in [1.165, 1.54) is 6.92 Å². The summed E-state index contributed by atoms with van der Waals surface area (Å²) < 4.78 is 11.2. The molecule has 35 heavy (non-hydrogen) atoms. The molecule has 0 radical (unpaired) electrons. The highest BCUT2D eigenvalue weighted by Crippen LogP contribution is 2.29. The number of rotatable bonds is 10. The Morgan fingerprint density at radius 1 is 0.886 bits per heavy atom. The van der Waals surface area contributed by atoms with Crippen molar-refractivity contribution in [2.75, 3.05) is 5.32 Å². The van der Waals surface area contributed by atoms with E-state index in [0.717, 1.165) is 16.9 Å². The van der Waals surface area contributed by atoms with Gasteiger partial charge in [-0.1, -0.05) is 29.8 Å². The van der Waals surface area contributed by atoms with Gasteiger partial charge in [0.15, 0.2) is 6.10 Å². The summed E-state index contributed by atoms with van der Waals surface area (Å²) in [6.07, 6.45) is -0.425. The molecule has 0 aliphatic rings. The minimum absolute atomic E-state index is 0.0359. The fourth-order valence-electron chi connectivity index (χ4n) is 3.46. The molecule has 3 aromatic rings. The number of aryl methyl sites for hydroxylation is 2. The summed E-state index contributed by atoms with van der Waals surface area (Å²) in [5.74, 6) is 0.440. The highest BCUT2D eigenvalue weighted by molar-refractivity contribution is 6.30. The summed E-state index contributed by atoms with van der Waals surface area (Å²) in [5, 5.41) is 3.32. The summed E-state index contributed by atoms with van der Waals surface area (Å²) in [6, 6.07) is 19.5. The second-order valence-corrected chi connectivity index (χ2v) is 8.69. The molecule has 0 aromatic heterocycles. The lowest BCUT2D eigenvalue weighted by Gasteiger charge is -2.13. The fraction of sp³-hybridized carbons (Fsp3) is 0.250. The highest BCUT2D eigenvalue weighted by atomic mass is 35.5. The van der Waals surface area contributed by atoms with Gasteiger partial charge in [-0.2, -0.15) is 0 Å². The van der Waals surface area contributed by atoms with Gasteiger partial charge in [-0.15, -0.1) is 0 Å². The fourth-order valence-corrected chi connectivity index (χ4v) is 3.59. The van der Waals surface area contributed by atoms with E-state index in [4.69, 9.17) is 21.1 Å². The first-order chi connectivity index (χ1) is 16.7. The van der Waals surface area contributed by atoms with Crippen molar-refractivity contribution in [2.45, 2.75) is 46.1 Å². The molecule has 1 amide bonds. The van der Waals surface area contributed by atoms with Crippen LogP contribution in [0.2, 0.25) is 5.02 Å². The lowest BCUT2D eigenvalue weighted by molar-refractivity contribution is -0.146. The van der Waals surface area contributed by atoms with Crippen LogP contribution >= 0.6 is 11.6 Å². The Morgan fingerprint density at radius 2 is 1.51 bits per heavy atom. The molecule has 3 rings (SSSR count). The molecule has 0 heterocycles. The van der Waals surface area contributed by atoms with Gasteiger partial charge in [-0.05, 0) is 86.8 Å². The zero-order valence-corrected chi connectivity index (χ0v) is 20.7. The van der Waals surface area contributed by atoms with Crippen LogP contribution in [0.4, 0.5) is 5.69 Å². The van der Waals surface area contributed by atoms with Gasteiger partial charge in [0.2, 0.25) is 11.7 Å². The van der Waals surface area contributed by atoms with E-state index in [0.29, 0.717) is 28.4 Å². The van der Waals surface area contributed by atoms with Gasteiger partial charge in [-0.25, -0.2) is 0 Å². The molecular weight excluding hydrogens is 466 g/mol. The molecule has 7 heteroatoms. The van der Waals surface area contributed by atoms with Crippen LogP contribution in [0, 0.1) is 13.8 Å². The predicted molar refractivity (Wildman–Crippen MR) is 136 cm³/mol. The Kier molecular flexibility index (Phi) is 9.04. The van der Waals surface area contributed by atoms with Crippen molar-refractivity contribution in [3.8, 4) is 11.5 Å². The molecule has 6 nitrogen and oxygen atoms in total. The molecule has 0 saturated carbocycles. The van der Waals surface area contributed by atoms with Gasteiger partial charge in [0, 0.05) is 29.1 Å². The SMILES string of the molecule is Cc1cccc(C)c1Oc1ccc(NC(=O)CCCC(=O)OC(C)C(=O)c2ccc(Cl)cc2)cc1. The molecule has 0 aliphatic carbocycles. The van der Waals surface area contributed by atoms with E-state index >= 15 is 0 Å². The second-order valence-electron chi connectivity index (χ2n) is 8.25. The van der Waals surface area contributed by atoms with Crippen LogP contribution in [-0.2, 0) is 14.3 Å². The first-order valence-electron chi connectivity index (χ1n) is 11.4. The number of nitrogens with one attached hydrogen (secondary N) is 1. The Hall–Kier alpha value is -3.64. The van der Waals surface area contributed by atoms with Crippen molar-refractivity contribution in [3.05, 3.63) is 88.4 Å². The summed E-state index contributed by atoms with van der Waals surface area (Å²) in [5.41, 5.74) is 3.14. The summed E-state index contributed by atoms with van der Waals surface area (Å²) >= 11 is 5.83. The molecule has 0 fully saturated rings. The van der Waals surface area contributed by atoms with E-state index in [2.05, 4.69) is 5.32 Å². The van der Waals surface area contributed by atoms with Crippen LogP contribution in [-0.4, -0.2) is 23.8 Å². The van der Waals surface area contributed by atoms with Gasteiger partial charge in [0.05, 0.1) is 0 Å². The average Bonchev–Trinajstić information content (AvgIpc) is 2.82. The third-order valence-corrected chi connectivity index (χ3v) is 5.61. The van der Waals surface area contributed by atoms with Crippen molar-refractivity contribution < 1.29 is 23.9 Å². The quantitative estimate of drug-likeness (QED) is 0.252. The number of benzene rings is 3. The average molecular weight is 494 g/mol. The maximum Gasteiger partial charge on any atom is 0.306 e. The minimum Gasteiger partial charge on any atom is -0.457 e. The number of ether oxygens (including phenoxy) is 2. The molecule has 1 N–H and O–H groups in total. The zero-order valence-electron chi connectivity index (χ0n) is 20.0. The second kappa shape index (κ2) is 12.2. The van der Waals surface area contributed by atoms with E-state index in [1.807, 2.05) is 32.0 Å². The van der Waals surface area contributed by atoms with Gasteiger partial charge in [0.1, 0.15) is 11.5 Å². The van der Waals surface area contributed by atoms with Crippen molar-refractivity contribution in [3.63, 3.8) is 0 Å². The number of carbonyl (C=O) groups is 3. The summed E-state index contributed by atoms with van der Waals surface area (Å²) in [6.45, 7) is 5.51. The predicted octanol–water partition coefficient (Wildman–Crippen LogP) is 6.67. The topological polar surface area (TPSA) is 81.7 Å². The Balaban J connectivity index is 1.41. The zero-order chi connectivity index (χ0) is 25.4. The Labute approximate surface area is 210 Å². The maximum atomic E-state index is 12.3. The van der Waals surface area contributed by atoms with Gasteiger partial charge in [0.25, 0.3) is 0 Å². The molecule has 1 unspecified atom stereocenters. The first kappa shape index (κ1) is 26.0. The van der Waals surface area contributed by atoms with Gasteiger partial charge >= 0.3 is 5.97 Å². The van der Waals surface area contributed by atoms with E-state index in [-0.39, 0.29) is 24.5 Å². The Morgan fingerprint density at radius 3 is 2.14 bits per heavy atom. The highest BCUT2D eigenvalue weighted by Gasteiger charge is 2.19. The normalized spacial score (nSPS) is 11.4. The van der Waals surface area contributed by atoms with E-state index in [1.54, 1.807) is 48.5 Å². The van der Waals surface area contributed by atoms with E-state index < -0.39 is 12.1 Å². The van der Waals surface area contributed by atoms with Crippen LogP contribution < -0.4 is 10.1 Å². The number of para-hydroxylation sites is 1. The van der Waals surface area contributed by atoms with E-state index in [9.17, 15) is 14.4 Å². The number of anilines is 1. The summed E-state index contributed by atoms with van der Waals surface area (Å²) in [7, 11) is 0. The van der Waals surface area contributed by atoms with Crippen LogP contribution in [0.15, 0.2) is 66.7 Å². The first-order valence-corrected chi connectivity index (χ1v) is 11.7. The molecule has 1 atom stereocenters. The molecule has 0 saturated heterocycles. The molecule has 0 bridgehead atoms. The number of hydrogen-bond acceptors (Lipinski definition) is 5. The molecule has 0 spiro atoms. The monoisotopic (exact) mass is 493 g/mol. The molecule has 182 valence electrons. The molecular formula is C28H28ClNO5. The minimum atomic E-state index is -0.915. The number of esters is 1. The Bertz CT molecular complexity index is 1170. The number of amides is 1. The number of ketones is 1. The van der Waals surface area contributed by atoms with Gasteiger partial charge in [-0.3, -0.25) is 14.4 Å². The van der Waals surface area contributed by atoms with Crippen LogP contribution in [0.25, 0.3) is 0 Å². The lowest BCUT2D eigenvalue weighted by atomic mass is 10.1. The molecule has 3 aromatic carbocycles. The van der Waals surface area contributed by atoms with Crippen LogP contribution in [0.1, 0.15) is 47.7 Å². The van der Waals surface area contributed by atoms with Crippen LogP contribution in [0.3, 0.4) is 0 Å². The van der Waals surface area contributed by atoms with Crippen molar-refractivity contribution in [1.82, 2.24) is 0 Å². The standard InChI is InChI=1S/C28H28ClNO5/c1-18-6-4-7-19(2)28(18)35-24-16-14-23(15-17-24)30-25(31)8-5-9-26(32)34-20(3)27(33)21-10-12-22(29)13-11-21/h4,6-7,10-17,20H,5,8-9H2,1-3H3,(H,30,31). The molecule has 0 aliphatic heterocycles. The third kappa shape index (κ3) is 7.69. The van der Waals surface area contributed by atoms with Crippen LogP contribution in [0.5, 0.6) is 11.5 Å². The largest absolute Gasteiger partial charge is 0.457 e. The maximum absolute atomic E-state index is 12.3. The lowest BCUT2D eigenvalue weighted by Crippen LogP contribution is -2.24. The van der Waals surface area contributed by atoms with Crippen molar-refractivity contribution in [2.24, 2.45) is 0 Å². The smallest absolute Gasteiger partial charge is 0.306 e. The number of halogens is 1.